The fourth-order valence-corrected chi connectivity index (χ4v) is 1.98. The fourth-order valence-electron chi connectivity index (χ4n) is 1.98. The van der Waals surface area contributed by atoms with Crippen LogP contribution in [0.15, 0.2) is 11.6 Å². The second kappa shape index (κ2) is 4.45. The summed E-state index contributed by atoms with van der Waals surface area (Å²) in [5.74, 6) is 0.588. The number of rotatable bonds is 2. The van der Waals surface area contributed by atoms with Gasteiger partial charge in [0, 0.05) is 0 Å². The third kappa shape index (κ3) is 2.87. The van der Waals surface area contributed by atoms with Gasteiger partial charge in [-0.25, -0.2) is 0 Å². The molecule has 2 unspecified atom stereocenters. The maximum Gasteiger partial charge on any atom is 0.309 e. The summed E-state index contributed by atoms with van der Waals surface area (Å²) in [6.07, 6.45) is 4.06. The summed E-state index contributed by atoms with van der Waals surface area (Å²) >= 11 is 0. The van der Waals surface area contributed by atoms with Crippen LogP contribution in [0.2, 0.25) is 0 Å². The Kier molecular flexibility index (Phi) is 3.52. The third-order valence-electron chi connectivity index (χ3n) is 2.41. The number of carbonyl (C=O) groups excluding carboxylic acids is 1. The molecule has 0 aliphatic heterocycles. The minimum Gasteiger partial charge on any atom is -0.466 e. The molecule has 0 aromatic rings. The van der Waals surface area contributed by atoms with Gasteiger partial charge < -0.3 is 4.74 Å². The van der Waals surface area contributed by atoms with Crippen LogP contribution in [0.3, 0.4) is 0 Å². The Morgan fingerprint density at radius 2 is 2.38 bits per heavy atom. The van der Waals surface area contributed by atoms with E-state index in [1.165, 1.54) is 5.57 Å². The van der Waals surface area contributed by atoms with Crippen LogP contribution in [-0.4, -0.2) is 12.6 Å². The normalized spacial score (nSPS) is 28.1. The molecule has 0 saturated heterocycles. The van der Waals surface area contributed by atoms with Crippen LogP contribution in [0.1, 0.15) is 33.6 Å². The van der Waals surface area contributed by atoms with E-state index in [1.807, 2.05) is 6.92 Å². The van der Waals surface area contributed by atoms with Crippen LogP contribution in [-0.2, 0) is 9.53 Å². The Morgan fingerprint density at radius 3 is 2.92 bits per heavy atom. The van der Waals surface area contributed by atoms with Gasteiger partial charge in [-0.3, -0.25) is 4.79 Å². The van der Waals surface area contributed by atoms with Gasteiger partial charge in [0.05, 0.1) is 12.5 Å². The molecule has 0 amide bonds. The molecule has 0 heterocycles. The maximum absolute atomic E-state index is 11.4. The molecule has 2 nitrogen and oxygen atoms in total. The molecule has 1 aliphatic rings. The van der Waals surface area contributed by atoms with Gasteiger partial charge in [0.25, 0.3) is 0 Å². The predicted octanol–water partition coefficient (Wildman–Crippen LogP) is 2.54. The molecule has 0 fully saturated rings. The summed E-state index contributed by atoms with van der Waals surface area (Å²) in [4.78, 5) is 11.4. The first-order valence-electron chi connectivity index (χ1n) is 4.97. The molecule has 0 aromatic heterocycles. The third-order valence-corrected chi connectivity index (χ3v) is 2.41. The highest BCUT2D eigenvalue weighted by atomic mass is 16.5. The fraction of sp³-hybridized carbons (Fsp3) is 0.727. The number of hydrogen-bond acceptors (Lipinski definition) is 2. The van der Waals surface area contributed by atoms with E-state index >= 15 is 0 Å². The topological polar surface area (TPSA) is 26.3 Å². The SMILES string of the molecule is CCOC(=O)C1CC(C)=CC(C)C1. The smallest absolute Gasteiger partial charge is 0.309 e. The lowest BCUT2D eigenvalue weighted by atomic mass is 9.84. The summed E-state index contributed by atoms with van der Waals surface area (Å²) in [5, 5.41) is 0. The van der Waals surface area contributed by atoms with E-state index < -0.39 is 0 Å². The monoisotopic (exact) mass is 182 g/mol. The van der Waals surface area contributed by atoms with Crippen molar-refractivity contribution in [2.75, 3.05) is 6.61 Å². The van der Waals surface area contributed by atoms with Gasteiger partial charge in [0.15, 0.2) is 0 Å². The average Bonchev–Trinajstić information content (AvgIpc) is 2.03. The first-order valence-corrected chi connectivity index (χ1v) is 4.97. The minimum absolute atomic E-state index is 0.0261. The molecule has 0 aromatic carbocycles. The summed E-state index contributed by atoms with van der Waals surface area (Å²) in [6, 6.07) is 0. The van der Waals surface area contributed by atoms with Crippen molar-refractivity contribution in [1.29, 1.82) is 0 Å². The molecule has 1 rings (SSSR count). The number of hydrogen-bond donors (Lipinski definition) is 0. The maximum atomic E-state index is 11.4. The zero-order valence-electron chi connectivity index (χ0n) is 8.67. The van der Waals surface area contributed by atoms with E-state index in [1.54, 1.807) is 0 Å². The van der Waals surface area contributed by atoms with Crippen molar-refractivity contribution in [2.24, 2.45) is 11.8 Å². The van der Waals surface area contributed by atoms with Crippen molar-refractivity contribution >= 4 is 5.97 Å². The molecule has 0 bridgehead atoms. The standard InChI is InChI=1S/C11H18O2/c1-4-13-11(12)10-6-8(2)5-9(3)7-10/h5,8,10H,4,6-7H2,1-3H3. The van der Waals surface area contributed by atoms with Crippen LogP contribution >= 0.6 is 0 Å². The quantitative estimate of drug-likeness (QED) is 0.484. The van der Waals surface area contributed by atoms with Gasteiger partial charge >= 0.3 is 5.97 Å². The summed E-state index contributed by atoms with van der Waals surface area (Å²) in [5.41, 5.74) is 1.32. The highest BCUT2D eigenvalue weighted by Gasteiger charge is 2.25. The van der Waals surface area contributed by atoms with Gasteiger partial charge in [-0.1, -0.05) is 18.6 Å². The minimum atomic E-state index is -0.0261. The molecule has 2 atom stereocenters. The van der Waals surface area contributed by atoms with Crippen LogP contribution < -0.4 is 0 Å². The number of carbonyl (C=O) groups is 1. The van der Waals surface area contributed by atoms with Gasteiger partial charge in [0.1, 0.15) is 0 Å². The van der Waals surface area contributed by atoms with Gasteiger partial charge in [0.2, 0.25) is 0 Å². The summed E-state index contributed by atoms with van der Waals surface area (Å²) in [7, 11) is 0. The van der Waals surface area contributed by atoms with E-state index in [4.69, 9.17) is 4.74 Å². The molecule has 13 heavy (non-hydrogen) atoms. The Morgan fingerprint density at radius 1 is 1.69 bits per heavy atom. The summed E-state index contributed by atoms with van der Waals surface area (Å²) in [6.45, 7) is 6.58. The van der Waals surface area contributed by atoms with E-state index in [-0.39, 0.29) is 11.9 Å². The molecule has 0 spiro atoms. The zero-order valence-corrected chi connectivity index (χ0v) is 8.67. The van der Waals surface area contributed by atoms with E-state index in [0.717, 1.165) is 12.8 Å². The van der Waals surface area contributed by atoms with E-state index in [0.29, 0.717) is 12.5 Å². The Labute approximate surface area is 80.0 Å². The lowest BCUT2D eigenvalue weighted by molar-refractivity contribution is -0.148. The number of ether oxygens (including phenoxy) is 1. The second-order valence-corrected chi connectivity index (χ2v) is 3.88. The van der Waals surface area contributed by atoms with Gasteiger partial charge in [-0.2, -0.15) is 0 Å². The molecular formula is C11H18O2. The van der Waals surface area contributed by atoms with Crippen molar-refractivity contribution in [3.05, 3.63) is 11.6 Å². The largest absolute Gasteiger partial charge is 0.466 e. The van der Waals surface area contributed by atoms with Gasteiger partial charge in [-0.15, -0.1) is 0 Å². The number of esters is 1. The highest BCUT2D eigenvalue weighted by Crippen LogP contribution is 2.28. The van der Waals surface area contributed by atoms with Crippen LogP contribution in [0.4, 0.5) is 0 Å². The predicted molar refractivity (Wildman–Crippen MR) is 52.3 cm³/mol. The Bertz CT molecular complexity index is 218. The van der Waals surface area contributed by atoms with E-state index in [9.17, 15) is 4.79 Å². The zero-order chi connectivity index (χ0) is 9.84. The highest BCUT2D eigenvalue weighted by molar-refractivity contribution is 5.73. The van der Waals surface area contributed by atoms with Crippen LogP contribution in [0.5, 0.6) is 0 Å². The molecule has 0 radical (unpaired) electrons. The van der Waals surface area contributed by atoms with Crippen molar-refractivity contribution < 1.29 is 9.53 Å². The molecule has 0 saturated carbocycles. The van der Waals surface area contributed by atoms with Crippen molar-refractivity contribution in [1.82, 2.24) is 0 Å². The molecule has 74 valence electrons. The molecule has 1 aliphatic carbocycles. The average molecular weight is 182 g/mol. The molecule has 0 N–H and O–H groups in total. The summed E-state index contributed by atoms with van der Waals surface area (Å²) < 4.78 is 5.01. The first-order chi connectivity index (χ1) is 6.13. The van der Waals surface area contributed by atoms with Crippen LogP contribution in [0.25, 0.3) is 0 Å². The number of allylic oxidation sites excluding steroid dienone is 2. The molecular weight excluding hydrogens is 164 g/mol. The Balaban J connectivity index is 2.54. The van der Waals surface area contributed by atoms with E-state index in [2.05, 4.69) is 19.9 Å². The molecule has 2 heteroatoms. The lowest BCUT2D eigenvalue weighted by Crippen LogP contribution is -2.22. The van der Waals surface area contributed by atoms with Crippen molar-refractivity contribution in [2.45, 2.75) is 33.6 Å². The second-order valence-electron chi connectivity index (χ2n) is 3.88. The van der Waals surface area contributed by atoms with Gasteiger partial charge in [-0.05, 0) is 32.6 Å². The van der Waals surface area contributed by atoms with Crippen molar-refractivity contribution in [3.8, 4) is 0 Å². The van der Waals surface area contributed by atoms with Crippen molar-refractivity contribution in [3.63, 3.8) is 0 Å². The Hall–Kier alpha value is -0.790. The lowest BCUT2D eigenvalue weighted by Gasteiger charge is -2.23. The first kappa shape index (κ1) is 10.3. The van der Waals surface area contributed by atoms with Crippen LogP contribution in [0, 0.1) is 11.8 Å².